The van der Waals surface area contributed by atoms with Crippen LogP contribution in [0, 0.1) is 13.8 Å². The fourth-order valence-electron chi connectivity index (χ4n) is 1.79. The number of hydrogen-bond donors (Lipinski definition) is 3. The van der Waals surface area contributed by atoms with Gasteiger partial charge in [0.2, 0.25) is 0 Å². The van der Waals surface area contributed by atoms with Gasteiger partial charge in [-0.15, -0.1) is 0 Å². The number of carbonyl (C=O) groups is 2. The Hall–Kier alpha value is -2.96. The molecule has 0 spiro atoms. The minimum absolute atomic E-state index is 0.0964. The van der Waals surface area contributed by atoms with Crippen molar-refractivity contribution in [1.82, 2.24) is 10.2 Å². The number of nitrogens with zero attached hydrogens (tertiary/aromatic N) is 2. The highest BCUT2D eigenvalue weighted by Crippen LogP contribution is 2.22. The Morgan fingerprint density at radius 3 is 2.48 bits per heavy atom. The van der Waals surface area contributed by atoms with Crippen molar-refractivity contribution in [3.05, 3.63) is 46.8 Å². The molecule has 0 unspecified atom stereocenters. The largest absolute Gasteiger partial charge is 0.508 e. The summed E-state index contributed by atoms with van der Waals surface area (Å²) in [6.07, 6.45) is 0. The molecular formula is C14H13N3O4. The number of nitrogens with one attached hydrogen (secondary N) is 1. The van der Waals surface area contributed by atoms with E-state index in [1.807, 2.05) is 0 Å². The highest BCUT2D eigenvalue weighted by Gasteiger charge is 2.16. The molecule has 0 aliphatic heterocycles. The molecule has 2 aromatic rings. The van der Waals surface area contributed by atoms with Gasteiger partial charge < -0.3 is 15.5 Å². The lowest BCUT2D eigenvalue weighted by atomic mass is 10.1. The maximum atomic E-state index is 12.2. The zero-order chi connectivity index (χ0) is 15.6. The molecule has 108 valence electrons. The maximum Gasteiger partial charge on any atom is 0.337 e. The summed E-state index contributed by atoms with van der Waals surface area (Å²) in [6.45, 7) is 3.34. The molecule has 0 atom stereocenters. The van der Waals surface area contributed by atoms with Gasteiger partial charge in [-0.05, 0) is 38.1 Å². The van der Waals surface area contributed by atoms with Crippen LogP contribution in [-0.4, -0.2) is 32.3 Å². The molecule has 0 aliphatic rings. The molecule has 21 heavy (non-hydrogen) atoms. The van der Waals surface area contributed by atoms with Crippen LogP contribution in [0.3, 0.4) is 0 Å². The number of phenolic OH excluding ortho intramolecular Hbond substituents is 1. The third-order valence-electron chi connectivity index (χ3n) is 2.83. The van der Waals surface area contributed by atoms with Crippen LogP contribution in [0.2, 0.25) is 0 Å². The maximum absolute atomic E-state index is 12.2. The van der Waals surface area contributed by atoms with Crippen LogP contribution in [0.1, 0.15) is 32.1 Å². The Balaban J connectivity index is 2.36. The second kappa shape index (κ2) is 5.58. The van der Waals surface area contributed by atoms with Gasteiger partial charge in [0.25, 0.3) is 5.91 Å². The lowest BCUT2D eigenvalue weighted by molar-refractivity contribution is 0.0697. The van der Waals surface area contributed by atoms with Crippen LogP contribution < -0.4 is 5.32 Å². The van der Waals surface area contributed by atoms with E-state index in [-0.39, 0.29) is 17.0 Å². The van der Waals surface area contributed by atoms with Gasteiger partial charge in [-0.2, -0.15) is 10.2 Å². The minimum atomic E-state index is -1.25. The summed E-state index contributed by atoms with van der Waals surface area (Å²) in [7, 11) is 0. The molecule has 7 nitrogen and oxygen atoms in total. The zero-order valence-corrected chi connectivity index (χ0v) is 11.4. The first kappa shape index (κ1) is 14.4. The molecule has 1 amide bonds. The first-order chi connectivity index (χ1) is 9.88. The van der Waals surface area contributed by atoms with Gasteiger partial charge in [-0.1, -0.05) is 0 Å². The molecule has 0 radical (unpaired) electrons. The Bertz CT molecular complexity index is 728. The number of hydrogen-bond acceptors (Lipinski definition) is 5. The number of carboxylic acid groups (broad SMARTS) is 1. The second-order valence-corrected chi connectivity index (χ2v) is 4.47. The smallest absolute Gasteiger partial charge is 0.337 e. The Morgan fingerprint density at radius 2 is 1.81 bits per heavy atom. The van der Waals surface area contributed by atoms with Crippen LogP contribution in [0.25, 0.3) is 0 Å². The predicted octanol–water partition coefficient (Wildman–Crippen LogP) is 1.75. The summed E-state index contributed by atoms with van der Waals surface area (Å²) in [5, 5.41) is 28.6. The molecule has 3 N–H and O–H groups in total. The monoisotopic (exact) mass is 287 g/mol. The number of rotatable bonds is 3. The van der Waals surface area contributed by atoms with E-state index >= 15 is 0 Å². The summed E-state index contributed by atoms with van der Waals surface area (Å²) in [5.74, 6) is -1.93. The van der Waals surface area contributed by atoms with Gasteiger partial charge in [0.1, 0.15) is 5.75 Å². The van der Waals surface area contributed by atoms with E-state index in [1.54, 1.807) is 19.9 Å². The number of benzene rings is 1. The first-order valence-corrected chi connectivity index (χ1v) is 6.07. The molecule has 2 rings (SSSR count). The van der Waals surface area contributed by atoms with Crippen LogP contribution in [0.5, 0.6) is 5.75 Å². The lowest BCUT2D eigenvalue weighted by Crippen LogP contribution is -2.17. The van der Waals surface area contributed by atoms with Crippen molar-refractivity contribution >= 4 is 17.6 Å². The van der Waals surface area contributed by atoms with Gasteiger partial charge in [-0.25, -0.2) is 4.79 Å². The number of aryl methyl sites for hydroxylation is 2. The summed E-state index contributed by atoms with van der Waals surface area (Å²) < 4.78 is 0. The number of anilines is 1. The average Bonchev–Trinajstić information content (AvgIpc) is 2.43. The minimum Gasteiger partial charge on any atom is -0.508 e. The van der Waals surface area contributed by atoms with Gasteiger partial charge in [0, 0.05) is 0 Å². The highest BCUT2D eigenvalue weighted by molar-refractivity contribution is 6.08. The molecule has 0 saturated carbocycles. The number of carbonyl (C=O) groups excluding carboxylic acids is 1. The third kappa shape index (κ3) is 3.14. The standard InChI is InChI=1S/C14H13N3O4/c1-7-5-10(8(2)17-16-7)13(19)15-12-4-3-9(18)6-11(12)14(20)21/h3-6,18H,1-2H3,(H,15,19)(H,20,21). The Kier molecular flexibility index (Phi) is 3.84. The molecule has 0 saturated heterocycles. The van der Waals surface area contributed by atoms with Crippen molar-refractivity contribution < 1.29 is 19.8 Å². The first-order valence-electron chi connectivity index (χ1n) is 6.07. The quantitative estimate of drug-likeness (QED) is 0.741. The molecule has 1 aromatic carbocycles. The van der Waals surface area contributed by atoms with E-state index in [9.17, 15) is 14.7 Å². The number of phenols is 1. The Labute approximate surface area is 120 Å². The number of carboxylic acids is 1. The van der Waals surface area contributed by atoms with Crippen LogP contribution in [0.15, 0.2) is 24.3 Å². The van der Waals surface area contributed by atoms with E-state index in [2.05, 4.69) is 15.5 Å². The van der Waals surface area contributed by atoms with E-state index in [4.69, 9.17) is 5.11 Å². The van der Waals surface area contributed by atoms with E-state index in [1.165, 1.54) is 12.1 Å². The predicted molar refractivity (Wildman–Crippen MR) is 74.5 cm³/mol. The molecule has 1 aromatic heterocycles. The third-order valence-corrected chi connectivity index (χ3v) is 2.83. The Morgan fingerprint density at radius 1 is 1.10 bits per heavy atom. The normalized spacial score (nSPS) is 10.2. The van der Waals surface area contributed by atoms with Gasteiger partial charge >= 0.3 is 5.97 Å². The average molecular weight is 287 g/mol. The number of aromatic carboxylic acids is 1. The SMILES string of the molecule is Cc1cc(C(=O)Nc2ccc(O)cc2C(=O)O)c(C)nn1. The van der Waals surface area contributed by atoms with Gasteiger partial charge in [0.05, 0.1) is 28.2 Å². The molecule has 1 heterocycles. The summed E-state index contributed by atoms with van der Waals surface area (Å²) in [6, 6.07) is 5.26. The summed E-state index contributed by atoms with van der Waals surface area (Å²) >= 11 is 0. The van der Waals surface area contributed by atoms with Crippen molar-refractivity contribution in [2.45, 2.75) is 13.8 Å². The van der Waals surface area contributed by atoms with Crippen molar-refractivity contribution in [3.63, 3.8) is 0 Å². The molecule has 0 aliphatic carbocycles. The molecule has 0 fully saturated rings. The van der Waals surface area contributed by atoms with Gasteiger partial charge in [0.15, 0.2) is 0 Å². The van der Waals surface area contributed by atoms with Crippen LogP contribution in [0.4, 0.5) is 5.69 Å². The number of amides is 1. The zero-order valence-electron chi connectivity index (χ0n) is 11.4. The topological polar surface area (TPSA) is 112 Å². The highest BCUT2D eigenvalue weighted by atomic mass is 16.4. The fourth-order valence-corrected chi connectivity index (χ4v) is 1.79. The second-order valence-electron chi connectivity index (χ2n) is 4.47. The molecule has 7 heteroatoms. The fraction of sp³-hybridized carbons (Fsp3) is 0.143. The van der Waals surface area contributed by atoms with Gasteiger partial charge in [-0.3, -0.25) is 4.79 Å². The number of aromatic nitrogens is 2. The lowest BCUT2D eigenvalue weighted by Gasteiger charge is -2.10. The van der Waals surface area contributed by atoms with Crippen molar-refractivity contribution in [3.8, 4) is 5.75 Å². The van der Waals surface area contributed by atoms with Crippen molar-refractivity contribution in [2.75, 3.05) is 5.32 Å². The molecule has 0 bridgehead atoms. The summed E-state index contributed by atoms with van der Waals surface area (Å²) in [4.78, 5) is 23.3. The molecular weight excluding hydrogens is 274 g/mol. The van der Waals surface area contributed by atoms with E-state index < -0.39 is 11.9 Å². The van der Waals surface area contributed by atoms with Crippen LogP contribution >= 0.6 is 0 Å². The summed E-state index contributed by atoms with van der Waals surface area (Å²) in [5.41, 5.74) is 1.23. The van der Waals surface area contributed by atoms with Crippen molar-refractivity contribution in [1.29, 1.82) is 0 Å². The number of aromatic hydroxyl groups is 1. The van der Waals surface area contributed by atoms with Crippen LogP contribution in [-0.2, 0) is 0 Å². The van der Waals surface area contributed by atoms with E-state index in [0.717, 1.165) is 6.07 Å². The van der Waals surface area contributed by atoms with E-state index in [0.29, 0.717) is 17.0 Å². The van der Waals surface area contributed by atoms with Crippen molar-refractivity contribution in [2.24, 2.45) is 0 Å².